The number of esters is 2. The van der Waals surface area contributed by atoms with E-state index in [1.807, 2.05) is 0 Å². The van der Waals surface area contributed by atoms with Gasteiger partial charge in [0.1, 0.15) is 0 Å². The third kappa shape index (κ3) is 12.4. The second-order valence-electron chi connectivity index (χ2n) is 6.12. The molecule has 0 spiro atoms. The lowest BCUT2D eigenvalue weighted by Crippen LogP contribution is -2.50. The van der Waals surface area contributed by atoms with Crippen molar-refractivity contribution in [1.82, 2.24) is 10.6 Å². The van der Waals surface area contributed by atoms with Crippen molar-refractivity contribution in [2.45, 2.75) is 45.1 Å². The van der Waals surface area contributed by atoms with Crippen LogP contribution in [0.25, 0.3) is 0 Å². The van der Waals surface area contributed by atoms with Gasteiger partial charge in [0.05, 0.1) is 26.4 Å². The highest BCUT2D eigenvalue weighted by molar-refractivity contribution is 5.81. The Morgan fingerprint density at radius 1 is 0.800 bits per heavy atom. The molecule has 0 aromatic rings. The zero-order valence-electron chi connectivity index (χ0n) is 17.7. The van der Waals surface area contributed by atoms with Gasteiger partial charge in [-0.2, -0.15) is 0 Å². The summed E-state index contributed by atoms with van der Waals surface area (Å²) in [7, 11) is 0. The zero-order chi connectivity index (χ0) is 22.8. The Morgan fingerprint density at radius 2 is 1.30 bits per heavy atom. The normalized spacial score (nSPS) is 10.3. The van der Waals surface area contributed by atoms with Crippen molar-refractivity contribution in [2.75, 3.05) is 33.0 Å². The highest BCUT2D eigenvalue weighted by Crippen LogP contribution is 2.23. The van der Waals surface area contributed by atoms with Crippen molar-refractivity contribution in [3.8, 4) is 0 Å². The summed E-state index contributed by atoms with van der Waals surface area (Å²) in [6.45, 7) is 10.8. The van der Waals surface area contributed by atoms with Gasteiger partial charge in [-0.05, 0) is 26.7 Å². The van der Waals surface area contributed by atoms with Crippen LogP contribution in [0.3, 0.4) is 0 Å². The molecule has 0 aliphatic rings. The fourth-order valence-corrected chi connectivity index (χ4v) is 2.56. The van der Waals surface area contributed by atoms with E-state index in [0.717, 1.165) is 12.2 Å². The number of ether oxygens (including phenoxy) is 4. The van der Waals surface area contributed by atoms with E-state index in [-0.39, 0.29) is 39.3 Å². The smallest absolute Gasteiger partial charge is 0.407 e. The molecule has 0 aromatic carbocycles. The van der Waals surface area contributed by atoms with Gasteiger partial charge in [-0.3, -0.25) is 0 Å². The van der Waals surface area contributed by atoms with Gasteiger partial charge in [0.25, 0.3) is 0 Å². The summed E-state index contributed by atoms with van der Waals surface area (Å²) in [5, 5.41) is 5.39. The summed E-state index contributed by atoms with van der Waals surface area (Å²) >= 11 is 0. The standard InChI is InChI=1S/C20H32N2O8/c1-5-16(23)29-14-11-20(22-19(26)28-8-4,12-15-30-17(24)6-2)10-9-13-21-18(25)27-7-3/h5-6H,1-2,7-15H2,3-4H3,(H,21,25)(H,22,26). The van der Waals surface area contributed by atoms with Crippen LogP contribution in [0.1, 0.15) is 39.5 Å². The molecule has 0 bridgehead atoms. The number of hydrogen-bond donors (Lipinski definition) is 2. The molecule has 2 amide bonds. The SMILES string of the molecule is C=CC(=O)OCCC(CCCNC(=O)OCC)(CCOC(=O)C=C)NC(=O)OCC. The maximum Gasteiger partial charge on any atom is 0.407 e. The number of carbonyl (C=O) groups is 4. The van der Waals surface area contributed by atoms with Crippen LogP contribution in [0.2, 0.25) is 0 Å². The summed E-state index contributed by atoms with van der Waals surface area (Å²) in [6, 6.07) is 0. The zero-order valence-corrected chi connectivity index (χ0v) is 17.7. The van der Waals surface area contributed by atoms with Crippen molar-refractivity contribution < 1.29 is 38.1 Å². The van der Waals surface area contributed by atoms with E-state index >= 15 is 0 Å². The first-order chi connectivity index (χ1) is 14.3. The summed E-state index contributed by atoms with van der Waals surface area (Å²) < 4.78 is 19.9. The van der Waals surface area contributed by atoms with Gasteiger partial charge in [-0.25, -0.2) is 19.2 Å². The molecule has 0 fully saturated rings. The van der Waals surface area contributed by atoms with Crippen LogP contribution in [0.15, 0.2) is 25.3 Å². The highest BCUT2D eigenvalue weighted by atomic mass is 16.6. The third-order valence-electron chi connectivity index (χ3n) is 4.00. The van der Waals surface area contributed by atoms with Crippen molar-refractivity contribution in [3.05, 3.63) is 25.3 Å². The second-order valence-corrected chi connectivity index (χ2v) is 6.12. The first kappa shape index (κ1) is 27.0. The van der Waals surface area contributed by atoms with Crippen molar-refractivity contribution in [1.29, 1.82) is 0 Å². The third-order valence-corrected chi connectivity index (χ3v) is 4.00. The molecule has 0 rings (SSSR count). The van der Waals surface area contributed by atoms with Crippen LogP contribution < -0.4 is 10.6 Å². The number of amides is 2. The predicted molar refractivity (Wildman–Crippen MR) is 109 cm³/mol. The van der Waals surface area contributed by atoms with Crippen LogP contribution in [0.4, 0.5) is 9.59 Å². The molecule has 10 heteroatoms. The number of nitrogens with one attached hydrogen (secondary N) is 2. The molecule has 0 saturated carbocycles. The molecular formula is C20H32N2O8. The Morgan fingerprint density at radius 3 is 1.77 bits per heavy atom. The Bertz CT molecular complexity index is 565. The fraction of sp³-hybridized carbons (Fsp3) is 0.600. The molecule has 0 radical (unpaired) electrons. The Labute approximate surface area is 176 Å². The lowest BCUT2D eigenvalue weighted by Gasteiger charge is -2.34. The summed E-state index contributed by atoms with van der Waals surface area (Å²) in [5.41, 5.74) is -0.911. The van der Waals surface area contributed by atoms with Gasteiger partial charge in [0, 0.05) is 37.1 Å². The van der Waals surface area contributed by atoms with Crippen LogP contribution in [0, 0.1) is 0 Å². The number of carbonyl (C=O) groups excluding carboxylic acids is 4. The molecular weight excluding hydrogens is 396 g/mol. The van der Waals surface area contributed by atoms with Crippen molar-refractivity contribution in [3.63, 3.8) is 0 Å². The average molecular weight is 428 g/mol. The minimum absolute atomic E-state index is 0.00202. The maximum absolute atomic E-state index is 12.1. The van der Waals surface area contributed by atoms with E-state index in [1.54, 1.807) is 13.8 Å². The predicted octanol–water partition coefficient (Wildman–Crippen LogP) is 2.24. The maximum atomic E-state index is 12.1. The summed E-state index contributed by atoms with van der Waals surface area (Å²) in [6.07, 6.45) is 2.20. The summed E-state index contributed by atoms with van der Waals surface area (Å²) in [4.78, 5) is 46.3. The number of hydrogen-bond acceptors (Lipinski definition) is 8. The second kappa shape index (κ2) is 15.8. The summed E-state index contributed by atoms with van der Waals surface area (Å²) in [5.74, 6) is -1.19. The lowest BCUT2D eigenvalue weighted by atomic mass is 9.86. The number of alkyl carbamates (subject to hydrolysis) is 2. The average Bonchev–Trinajstić information content (AvgIpc) is 2.71. The Balaban J connectivity index is 5.19. The van der Waals surface area contributed by atoms with Gasteiger partial charge in [0.2, 0.25) is 0 Å². The molecule has 0 aliphatic carbocycles. The minimum Gasteiger partial charge on any atom is -0.462 e. The molecule has 0 unspecified atom stereocenters. The molecule has 0 aromatic heterocycles. The quantitative estimate of drug-likeness (QED) is 0.176. The van der Waals surface area contributed by atoms with Gasteiger partial charge in [0.15, 0.2) is 0 Å². The molecule has 0 heterocycles. The largest absolute Gasteiger partial charge is 0.462 e. The first-order valence-corrected chi connectivity index (χ1v) is 9.76. The van der Waals surface area contributed by atoms with Crippen molar-refractivity contribution in [2.24, 2.45) is 0 Å². The molecule has 10 nitrogen and oxygen atoms in total. The lowest BCUT2D eigenvalue weighted by molar-refractivity contribution is -0.138. The van der Waals surface area contributed by atoms with E-state index in [2.05, 4.69) is 23.8 Å². The highest BCUT2D eigenvalue weighted by Gasteiger charge is 2.32. The molecule has 0 aliphatic heterocycles. The van der Waals surface area contributed by atoms with E-state index in [9.17, 15) is 19.2 Å². The molecule has 170 valence electrons. The van der Waals surface area contributed by atoms with Gasteiger partial charge < -0.3 is 29.6 Å². The van der Waals surface area contributed by atoms with Crippen LogP contribution in [0.5, 0.6) is 0 Å². The molecule has 2 N–H and O–H groups in total. The Hall–Kier alpha value is -3.04. The molecule has 30 heavy (non-hydrogen) atoms. The molecule has 0 saturated heterocycles. The fourth-order valence-electron chi connectivity index (χ4n) is 2.56. The van der Waals surface area contributed by atoms with Crippen LogP contribution in [-0.4, -0.2) is 62.6 Å². The Kier molecular flexibility index (Phi) is 14.2. The van der Waals surface area contributed by atoms with E-state index in [1.165, 1.54) is 0 Å². The van der Waals surface area contributed by atoms with Crippen LogP contribution in [-0.2, 0) is 28.5 Å². The first-order valence-electron chi connectivity index (χ1n) is 9.76. The van der Waals surface area contributed by atoms with Gasteiger partial charge in [-0.1, -0.05) is 13.2 Å². The monoisotopic (exact) mass is 428 g/mol. The number of rotatable bonds is 15. The topological polar surface area (TPSA) is 129 Å². The van der Waals surface area contributed by atoms with Crippen LogP contribution >= 0.6 is 0 Å². The molecule has 0 atom stereocenters. The van der Waals surface area contributed by atoms with Gasteiger partial charge in [-0.15, -0.1) is 0 Å². The van der Waals surface area contributed by atoms with E-state index in [4.69, 9.17) is 18.9 Å². The van der Waals surface area contributed by atoms with E-state index < -0.39 is 29.7 Å². The minimum atomic E-state index is -0.911. The van der Waals surface area contributed by atoms with E-state index in [0.29, 0.717) is 19.4 Å². The van der Waals surface area contributed by atoms with Crippen molar-refractivity contribution >= 4 is 24.1 Å². The van der Waals surface area contributed by atoms with Gasteiger partial charge >= 0.3 is 24.1 Å².